The molecule has 0 atom stereocenters. The second-order valence-electron chi connectivity index (χ2n) is 6.63. The average molecular weight is 400 g/mol. The lowest BCUT2D eigenvalue weighted by Gasteiger charge is -2.07. The molecule has 3 heterocycles. The predicted octanol–water partition coefficient (Wildman–Crippen LogP) is 4.42. The van der Waals surface area contributed by atoms with E-state index in [-0.39, 0.29) is 12.4 Å². The topological polar surface area (TPSA) is 69.9 Å². The molecule has 6 heteroatoms. The summed E-state index contributed by atoms with van der Waals surface area (Å²) in [5.41, 5.74) is 3.73. The fourth-order valence-electron chi connectivity index (χ4n) is 3.36. The monoisotopic (exact) mass is 400 g/mol. The van der Waals surface area contributed by atoms with Gasteiger partial charge in [0.15, 0.2) is 0 Å². The summed E-state index contributed by atoms with van der Waals surface area (Å²) in [5, 5.41) is 0. The van der Waals surface area contributed by atoms with E-state index in [9.17, 15) is 9.59 Å². The van der Waals surface area contributed by atoms with Gasteiger partial charge in [0.1, 0.15) is 5.75 Å². The van der Waals surface area contributed by atoms with Crippen LogP contribution in [0.1, 0.15) is 33.3 Å². The molecule has 0 aliphatic heterocycles. The Kier molecular flexibility index (Phi) is 5.30. The summed E-state index contributed by atoms with van der Waals surface area (Å²) in [7, 11) is 1.57. The van der Waals surface area contributed by atoms with Crippen molar-refractivity contribution in [3.8, 4) is 16.9 Å². The molecule has 0 radical (unpaired) electrons. The summed E-state index contributed by atoms with van der Waals surface area (Å²) < 4.78 is 12.1. The minimum Gasteiger partial charge on any atom is -0.497 e. The molecule has 0 aliphatic rings. The van der Waals surface area contributed by atoms with E-state index in [2.05, 4.69) is 4.98 Å². The molecule has 0 aliphatic carbocycles. The highest BCUT2D eigenvalue weighted by atomic mass is 16.5. The third kappa shape index (κ3) is 3.55. The van der Waals surface area contributed by atoms with Crippen LogP contribution in [0.4, 0.5) is 0 Å². The Morgan fingerprint density at radius 3 is 2.37 bits per heavy atom. The Balaban J connectivity index is 1.85. The number of pyridine rings is 2. The first kappa shape index (κ1) is 19.4. The fourth-order valence-corrected chi connectivity index (χ4v) is 3.36. The number of hydrogen-bond acceptors (Lipinski definition) is 5. The number of hydrogen-bond donors (Lipinski definition) is 0. The molecule has 0 fully saturated rings. The maximum Gasteiger partial charge on any atom is 0.340 e. The molecule has 0 saturated carbocycles. The SMILES string of the molecule is CCOC(=O)c1cc(C(=O)c2ccc(OC)cc2)n2ccc(-c3ccncc3)cc12. The molecule has 0 N–H and O–H groups in total. The first-order valence-electron chi connectivity index (χ1n) is 9.53. The summed E-state index contributed by atoms with van der Waals surface area (Å²) in [6.07, 6.45) is 5.22. The van der Waals surface area contributed by atoms with Gasteiger partial charge in [-0.25, -0.2) is 4.79 Å². The molecule has 0 amide bonds. The van der Waals surface area contributed by atoms with Gasteiger partial charge < -0.3 is 13.9 Å². The largest absolute Gasteiger partial charge is 0.497 e. The molecule has 0 bridgehead atoms. The number of aromatic nitrogens is 2. The number of carbonyl (C=O) groups excluding carboxylic acids is 2. The van der Waals surface area contributed by atoms with Crippen LogP contribution in [0.15, 0.2) is 73.2 Å². The van der Waals surface area contributed by atoms with Crippen molar-refractivity contribution < 1.29 is 19.1 Å². The summed E-state index contributed by atoms with van der Waals surface area (Å²) in [6.45, 7) is 2.00. The molecule has 0 spiro atoms. The van der Waals surface area contributed by atoms with Gasteiger partial charge in [0.05, 0.1) is 30.5 Å². The lowest BCUT2D eigenvalue weighted by molar-refractivity contribution is 0.0529. The second kappa shape index (κ2) is 8.21. The van der Waals surface area contributed by atoms with E-state index in [1.807, 2.05) is 24.3 Å². The van der Waals surface area contributed by atoms with Crippen LogP contribution in [-0.2, 0) is 4.74 Å². The van der Waals surface area contributed by atoms with E-state index in [1.165, 1.54) is 0 Å². The van der Waals surface area contributed by atoms with Gasteiger partial charge in [-0.05, 0) is 72.6 Å². The van der Waals surface area contributed by atoms with Gasteiger partial charge in [-0.2, -0.15) is 0 Å². The van der Waals surface area contributed by atoms with Crippen molar-refractivity contribution in [2.45, 2.75) is 6.92 Å². The van der Waals surface area contributed by atoms with Crippen LogP contribution in [0.5, 0.6) is 5.75 Å². The zero-order valence-electron chi connectivity index (χ0n) is 16.7. The van der Waals surface area contributed by atoms with Crippen LogP contribution in [-0.4, -0.2) is 34.9 Å². The summed E-state index contributed by atoms with van der Waals surface area (Å²) in [6, 6.07) is 16.0. The van der Waals surface area contributed by atoms with E-state index in [0.717, 1.165) is 11.1 Å². The van der Waals surface area contributed by atoms with Crippen molar-refractivity contribution in [1.82, 2.24) is 9.38 Å². The van der Waals surface area contributed by atoms with Crippen molar-refractivity contribution in [3.05, 3.63) is 90.0 Å². The number of methoxy groups -OCH3 is 1. The highest BCUT2D eigenvalue weighted by Gasteiger charge is 2.22. The Hall–Kier alpha value is -3.93. The third-order valence-corrected chi connectivity index (χ3v) is 4.87. The minimum atomic E-state index is -0.462. The number of rotatable bonds is 6. The second-order valence-corrected chi connectivity index (χ2v) is 6.63. The quantitative estimate of drug-likeness (QED) is 0.354. The summed E-state index contributed by atoms with van der Waals surface area (Å²) in [4.78, 5) is 29.8. The highest BCUT2D eigenvalue weighted by molar-refractivity contribution is 6.11. The Morgan fingerprint density at radius 2 is 1.70 bits per heavy atom. The maximum absolute atomic E-state index is 13.2. The van der Waals surface area contributed by atoms with Crippen molar-refractivity contribution in [2.75, 3.05) is 13.7 Å². The molecule has 0 saturated heterocycles. The molecule has 4 aromatic rings. The molecular weight excluding hydrogens is 380 g/mol. The zero-order chi connectivity index (χ0) is 21.1. The first-order valence-corrected chi connectivity index (χ1v) is 9.53. The molecule has 6 nitrogen and oxygen atoms in total. The summed E-state index contributed by atoms with van der Waals surface area (Å²) in [5.74, 6) is 0.0105. The van der Waals surface area contributed by atoms with E-state index < -0.39 is 5.97 Å². The van der Waals surface area contributed by atoms with Crippen LogP contribution in [0.3, 0.4) is 0 Å². The standard InChI is InChI=1S/C24H20N2O4/c1-3-30-24(28)20-15-22(23(27)17-4-6-19(29-2)7-5-17)26-13-10-18(14-21(20)26)16-8-11-25-12-9-16/h4-15H,3H2,1-2H3. The number of ether oxygens (including phenoxy) is 2. The van der Waals surface area contributed by atoms with Crippen molar-refractivity contribution in [1.29, 1.82) is 0 Å². The Bertz CT molecular complexity index is 1210. The maximum atomic E-state index is 13.2. The molecule has 3 aromatic heterocycles. The number of esters is 1. The number of ketones is 1. The highest BCUT2D eigenvalue weighted by Crippen LogP contribution is 2.27. The molecule has 0 unspecified atom stereocenters. The van der Waals surface area contributed by atoms with Gasteiger partial charge in [-0.15, -0.1) is 0 Å². The van der Waals surface area contributed by atoms with E-state index in [4.69, 9.17) is 9.47 Å². The summed E-state index contributed by atoms with van der Waals surface area (Å²) >= 11 is 0. The van der Waals surface area contributed by atoms with Crippen LogP contribution in [0.25, 0.3) is 16.6 Å². The van der Waals surface area contributed by atoms with Gasteiger partial charge in [0.25, 0.3) is 0 Å². The zero-order valence-corrected chi connectivity index (χ0v) is 16.7. The normalized spacial score (nSPS) is 10.7. The number of carbonyl (C=O) groups is 2. The van der Waals surface area contributed by atoms with Gasteiger partial charge >= 0.3 is 5.97 Å². The smallest absolute Gasteiger partial charge is 0.340 e. The number of nitrogens with zero attached hydrogens (tertiary/aromatic N) is 2. The third-order valence-electron chi connectivity index (χ3n) is 4.87. The molecular formula is C24H20N2O4. The fraction of sp³-hybridized carbons (Fsp3) is 0.125. The van der Waals surface area contributed by atoms with E-state index >= 15 is 0 Å². The molecule has 1 aromatic carbocycles. The molecule has 4 rings (SSSR count). The van der Waals surface area contributed by atoms with Crippen molar-refractivity contribution >= 4 is 17.3 Å². The van der Waals surface area contributed by atoms with Gasteiger partial charge in [-0.1, -0.05) is 0 Å². The molecule has 150 valence electrons. The predicted molar refractivity (Wildman–Crippen MR) is 113 cm³/mol. The van der Waals surface area contributed by atoms with Crippen LogP contribution >= 0.6 is 0 Å². The van der Waals surface area contributed by atoms with Crippen LogP contribution in [0, 0.1) is 0 Å². The number of fused-ring (bicyclic) bond motifs is 1. The Labute approximate surface area is 173 Å². The lowest BCUT2D eigenvalue weighted by Crippen LogP contribution is -2.05. The van der Waals surface area contributed by atoms with Crippen LogP contribution in [0.2, 0.25) is 0 Å². The van der Waals surface area contributed by atoms with E-state index in [0.29, 0.717) is 28.1 Å². The van der Waals surface area contributed by atoms with Crippen molar-refractivity contribution in [2.24, 2.45) is 0 Å². The van der Waals surface area contributed by atoms with Gasteiger partial charge in [0, 0.05) is 24.2 Å². The first-order chi connectivity index (χ1) is 14.6. The molecule has 30 heavy (non-hydrogen) atoms. The minimum absolute atomic E-state index is 0.195. The van der Waals surface area contributed by atoms with Gasteiger partial charge in [-0.3, -0.25) is 9.78 Å². The lowest BCUT2D eigenvalue weighted by atomic mass is 10.1. The van der Waals surface area contributed by atoms with E-state index in [1.54, 1.807) is 67.4 Å². The number of benzene rings is 1. The Morgan fingerprint density at radius 1 is 0.967 bits per heavy atom. The van der Waals surface area contributed by atoms with Crippen molar-refractivity contribution in [3.63, 3.8) is 0 Å². The van der Waals surface area contributed by atoms with Gasteiger partial charge in [0.2, 0.25) is 5.78 Å². The van der Waals surface area contributed by atoms with Crippen LogP contribution < -0.4 is 4.74 Å². The average Bonchev–Trinajstić information content (AvgIpc) is 3.18.